The third kappa shape index (κ3) is 9.05. The fraction of sp³-hybridized carbons (Fsp3) is 0.750. The highest BCUT2D eigenvalue weighted by Crippen LogP contribution is 2.33. The fourth-order valence-corrected chi connectivity index (χ4v) is 3.69. The molecule has 0 aromatic heterocycles. The molecule has 0 aromatic carbocycles. The lowest BCUT2D eigenvalue weighted by Crippen LogP contribution is -2.26. The molecule has 1 unspecified atom stereocenters. The highest BCUT2D eigenvalue weighted by Gasteiger charge is 2.22. The number of ether oxygens (including phenoxy) is 2. The average molecular weight is 357 g/mol. The van der Waals surface area contributed by atoms with Crippen molar-refractivity contribution in [2.75, 3.05) is 20.3 Å². The number of Topliss-reactive ketones (excluding diaryl/α,β-unsaturated/α-hetero) is 1. The van der Waals surface area contributed by atoms with E-state index in [1.54, 1.807) is 14.0 Å². The summed E-state index contributed by atoms with van der Waals surface area (Å²) in [5, 5.41) is 0. The van der Waals surface area contributed by atoms with Crippen molar-refractivity contribution in [3.8, 4) is 0 Å². The van der Waals surface area contributed by atoms with E-state index in [2.05, 4.69) is 27.4 Å². The smallest absolute Gasteiger partial charge is 0.166 e. The number of thioether (sulfide) groups is 1. The van der Waals surface area contributed by atoms with Gasteiger partial charge in [0, 0.05) is 13.7 Å². The van der Waals surface area contributed by atoms with Crippen molar-refractivity contribution >= 4 is 17.5 Å². The second kappa shape index (κ2) is 12.7. The predicted octanol–water partition coefficient (Wildman–Crippen LogP) is 5.90. The first-order valence-electron chi connectivity index (χ1n) is 9.04. The number of methoxy groups -OCH3 is 1. The number of allylic oxidation sites excluding steroid dienone is 2. The molecule has 140 valence electrons. The van der Waals surface area contributed by atoms with Crippen LogP contribution in [0.4, 0.5) is 0 Å². The zero-order valence-electron chi connectivity index (χ0n) is 16.5. The Balaban J connectivity index is 4.69. The largest absolute Gasteiger partial charge is 0.379 e. The van der Waals surface area contributed by atoms with Crippen LogP contribution in [-0.2, 0) is 14.3 Å². The molecule has 0 bridgehead atoms. The van der Waals surface area contributed by atoms with Crippen LogP contribution in [0, 0.1) is 0 Å². The molecule has 0 amide bonds. The van der Waals surface area contributed by atoms with Crippen LogP contribution < -0.4 is 0 Å². The van der Waals surface area contributed by atoms with Gasteiger partial charge in [-0.2, -0.15) is 0 Å². The number of carbonyl (C=O) groups is 1. The van der Waals surface area contributed by atoms with E-state index in [1.807, 2.05) is 6.92 Å². The van der Waals surface area contributed by atoms with Crippen molar-refractivity contribution in [3.05, 3.63) is 22.0 Å². The van der Waals surface area contributed by atoms with Crippen molar-refractivity contribution in [1.29, 1.82) is 0 Å². The molecule has 0 fully saturated rings. The first-order chi connectivity index (χ1) is 11.3. The van der Waals surface area contributed by atoms with E-state index in [0.29, 0.717) is 13.2 Å². The van der Waals surface area contributed by atoms with Crippen LogP contribution in [0.15, 0.2) is 22.0 Å². The highest BCUT2D eigenvalue weighted by molar-refractivity contribution is 8.07. The van der Waals surface area contributed by atoms with Gasteiger partial charge < -0.3 is 9.47 Å². The van der Waals surface area contributed by atoms with Gasteiger partial charge in [-0.15, -0.1) is 0 Å². The van der Waals surface area contributed by atoms with Gasteiger partial charge >= 0.3 is 0 Å². The molecule has 0 N–H and O–H groups in total. The van der Waals surface area contributed by atoms with Gasteiger partial charge in [0.1, 0.15) is 0 Å². The molecule has 0 aliphatic heterocycles. The highest BCUT2D eigenvalue weighted by atomic mass is 32.2. The second-order valence-corrected chi connectivity index (χ2v) is 7.57. The molecule has 0 heterocycles. The molecule has 1 atom stereocenters. The molecule has 0 aliphatic rings. The molecule has 0 saturated carbocycles. The maximum absolute atomic E-state index is 12.0. The Morgan fingerprint density at radius 3 is 2.33 bits per heavy atom. The Morgan fingerprint density at radius 1 is 1.21 bits per heavy atom. The minimum Gasteiger partial charge on any atom is -0.379 e. The molecule has 0 spiro atoms. The molecule has 0 radical (unpaired) electrons. The van der Waals surface area contributed by atoms with Crippen molar-refractivity contribution < 1.29 is 14.3 Å². The van der Waals surface area contributed by atoms with E-state index in [1.165, 1.54) is 11.8 Å². The minimum absolute atomic E-state index is 0.0531. The van der Waals surface area contributed by atoms with Crippen molar-refractivity contribution in [1.82, 2.24) is 0 Å². The summed E-state index contributed by atoms with van der Waals surface area (Å²) >= 11 is 1.52. The molecule has 0 aliphatic carbocycles. The van der Waals surface area contributed by atoms with Crippen LogP contribution in [0.2, 0.25) is 0 Å². The summed E-state index contributed by atoms with van der Waals surface area (Å²) in [6.07, 6.45) is 5.94. The SMILES string of the molecule is C=C(CCCC(C)(CCC)OC)S/C(C(C)=O)=C(/CC)COCC. The van der Waals surface area contributed by atoms with Gasteiger partial charge in [0.15, 0.2) is 5.78 Å². The van der Waals surface area contributed by atoms with Gasteiger partial charge in [-0.25, -0.2) is 0 Å². The van der Waals surface area contributed by atoms with Gasteiger partial charge in [0.05, 0.1) is 17.1 Å². The average Bonchev–Trinajstić information content (AvgIpc) is 2.54. The van der Waals surface area contributed by atoms with E-state index in [0.717, 1.165) is 53.9 Å². The maximum atomic E-state index is 12.0. The first kappa shape index (κ1) is 23.4. The summed E-state index contributed by atoms with van der Waals surface area (Å²) in [5.74, 6) is 0.102. The zero-order valence-corrected chi connectivity index (χ0v) is 17.3. The summed E-state index contributed by atoms with van der Waals surface area (Å²) in [4.78, 5) is 13.9. The number of hydrogen-bond donors (Lipinski definition) is 0. The van der Waals surface area contributed by atoms with Gasteiger partial charge in [-0.1, -0.05) is 38.6 Å². The van der Waals surface area contributed by atoms with E-state index in [9.17, 15) is 4.79 Å². The second-order valence-electron chi connectivity index (χ2n) is 6.38. The van der Waals surface area contributed by atoms with Crippen LogP contribution in [0.25, 0.3) is 0 Å². The third-order valence-electron chi connectivity index (χ3n) is 4.23. The predicted molar refractivity (Wildman–Crippen MR) is 105 cm³/mol. The lowest BCUT2D eigenvalue weighted by molar-refractivity contribution is -0.113. The Morgan fingerprint density at radius 2 is 1.88 bits per heavy atom. The van der Waals surface area contributed by atoms with Gasteiger partial charge in [-0.3, -0.25) is 4.79 Å². The molecule has 0 aromatic rings. The Kier molecular flexibility index (Phi) is 12.4. The quantitative estimate of drug-likeness (QED) is 0.363. The monoisotopic (exact) mass is 356 g/mol. The Hall–Kier alpha value is -0.580. The lowest BCUT2D eigenvalue weighted by Gasteiger charge is -2.28. The molecule has 0 rings (SSSR count). The summed E-state index contributed by atoms with van der Waals surface area (Å²) in [7, 11) is 1.79. The topological polar surface area (TPSA) is 35.5 Å². The van der Waals surface area contributed by atoms with Gasteiger partial charge in [-0.05, 0) is 63.4 Å². The molecular weight excluding hydrogens is 320 g/mol. The Bertz CT molecular complexity index is 429. The summed E-state index contributed by atoms with van der Waals surface area (Å²) in [5.41, 5.74) is 1.02. The van der Waals surface area contributed by atoms with Gasteiger partial charge in [0.25, 0.3) is 0 Å². The molecular formula is C20H36O3S. The van der Waals surface area contributed by atoms with Crippen molar-refractivity contribution in [2.24, 2.45) is 0 Å². The molecule has 0 saturated heterocycles. The zero-order chi connectivity index (χ0) is 18.6. The van der Waals surface area contributed by atoms with Crippen molar-refractivity contribution in [2.45, 2.75) is 78.7 Å². The van der Waals surface area contributed by atoms with E-state index < -0.39 is 0 Å². The first-order valence-corrected chi connectivity index (χ1v) is 9.86. The number of carbonyl (C=O) groups excluding carboxylic acids is 1. The summed E-state index contributed by atoms with van der Waals surface area (Å²) in [6.45, 7) is 15.4. The lowest BCUT2D eigenvalue weighted by atomic mass is 9.93. The number of ketones is 1. The van der Waals surface area contributed by atoms with Crippen LogP contribution in [0.1, 0.15) is 73.1 Å². The maximum Gasteiger partial charge on any atom is 0.166 e. The van der Waals surface area contributed by atoms with E-state index in [4.69, 9.17) is 9.47 Å². The van der Waals surface area contributed by atoms with E-state index >= 15 is 0 Å². The minimum atomic E-state index is -0.0531. The van der Waals surface area contributed by atoms with Crippen LogP contribution in [0.5, 0.6) is 0 Å². The fourth-order valence-electron chi connectivity index (χ4n) is 2.66. The summed E-state index contributed by atoms with van der Waals surface area (Å²) in [6, 6.07) is 0. The van der Waals surface area contributed by atoms with Crippen molar-refractivity contribution in [3.63, 3.8) is 0 Å². The van der Waals surface area contributed by atoms with Crippen LogP contribution in [0.3, 0.4) is 0 Å². The standard InChI is InChI=1S/C20H36O3S/c1-8-13-20(6,22-7)14-11-12-16(4)24-19(17(5)21)18(9-2)15-23-10-3/h4,8-15H2,1-3,5-7H3/b19-18-. The number of hydrogen-bond acceptors (Lipinski definition) is 4. The Labute approximate surface area is 153 Å². The van der Waals surface area contributed by atoms with Crippen LogP contribution >= 0.6 is 11.8 Å². The molecule has 3 nitrogen and oxygen atoms in total. The summed E-state index contributed by atoms with van der Waals surface area (Å²) < 4.78 is 11.2. The molecule has 24 heavy (non-hydrogen) atoms. The van der Waals surface area contributed by atoms with E-state index in [-0.39, 0.29) is 11.4 Å². The third-order valence-corrected chi connectivity index (χ3v) is 5.50. The molecule has 4 heteroatoms. The number of rotatable bonds is 14. The normalized spacial score (nSPS) is 14.9. The van der Waals surface area contributed by atoms with Crippen LogP contribution in [-0.4, -0.2) is 31.7 Å². The van der Waals surface area contributed by atoms with Gasteiger partial charge in [0.2, 0.25) is 0 Å².